The van der Waals surface area contributed by atoms with Gasteiger partial charge in [-0.15, -0.1) is 0 Å². The van der Waals surface area contributed by atoms with Crippen LogP contribution in [-0.4, -0.2) is 19.9 Å². The zero-order chi connectivity index (χ0) is 19.1. The fourth-order valence-electron chi connectivity index (χ4n) is 3.34. The molecule has 0 fully saturated rings. The number of rotatable bonds is 3. The third kappa shape index (κ3) is 3.21. The number of aryl methyl sites for hydroxylation is 1. The summed E-state index contributed by atoms with van der Waals surface area (Å²) in [6.07, 6.45) is -0.0666. The predicted molar refractivity (Wildman–Crippen MR) is 105 cm³/mol. The van der Waals surface area contributed by atoms with Gasteiger partial charge in [-0.2, -0.15) is 10.1 Å². The Morgan fingerprint density at radius 3 is 2.79 bits per heavy atom. The monoisotopic (exact) mass is 392 g/mol. The average Bonchev–Trinajstić information content (AvgIpc) is 3.35. The van der Waals surface area contributed by atoms with E-state index < -0.39 is 0 Å². The predicted octanol–water partition coefficient (Wildman–Crippen LogP) is 4.83. The SMILES string of the molecule is Cc1cccc(-c2noc(-c3cc4n(n3)C[C@@H](c3ccc(Cl)cc3)OC4)n2)c1. The van der Waals surface area contributed by atoms with Crippen LogP contribution in [0.3, 0.4) is 0 Å². The van der Waals surface area contributed by atoms with Crippen LogP contribution in [-0.2, 0) is 17.9 Å². The zero-order valence-corrected chi connectivity index (χ0v) is 15.9. The largest absolute Gasteiger partial charge is 0.365 e. The first-order chi connectivity index (χ1) is 13.7. The Kier molecular flexibility index (Phi) is 4.22. The Morgan fingerprint density at radius 2 is 1.96 bits per heavy atom. The Labute approximate surface area is 166 Å². The van der Waals surface area contributed by atoms with Gasteiger partial charge in [0.05, 0.1) is 18.8 Å². The molecule has 140 valence electrons. The van der Waals surface area contributed by atoms with E-state index in [1.165, 1.54) is 0 Å². The van der Waals surface area contributed by atoms with Crippen molar-refractivity contribution in [3.8, 4) is 23.0 Å². The molecule has 4 aromatic rings. The minimum atomic E-state index is -0.0666. The van der Waals surface area contributed by atoms with Crippen LogP contribution in [0.4, 0.5) is 0 Å². The lowest BCUT2D eigenvalue weighted by Gasteiger charge is -2.24. The number of aromatic nitrogens is 4. The highest BCUT2D eigenvalue weighted by atomic mass is 35.5. The molecule has 0 bridgehead atoms. The summed E-state index contributed by atoms with van der Waals surface area (Å²) in [6, 6.07) is 17.6. The molecule has 0 amide bonds. The quantitative estimate of drug-likeness (QED) is 0.499. The van der Waals surface area contributed by atoms with E-state index in [0.29, 0.717) is 35.6 Å². The van der Waals surface area contributed by atoms with Crippen LogP contribution in [0.1, 0.15) is 22.9 Å². The molecule has 2 aromatic heterocycles. The standard InChI is InChI=1S/C21H17ClN4O2/c1-13-3-2-4-15(9-13)20-23-21(28-25-20)18-10-17-12-27-19(11-26(17)24-18)14-5-7-16(22)8-6-14/h2-10,19H,11-12H2,1H3/t19-/m0/s1. The first kappa shape index (κ1) is 17.2. The van der Waals surface area contributed by atoms with Gasteiger partial charge in [0.1, 0.15) is 6.10 Å². The summed E-state index contributed by atoms with van der Waals surface area (Å²) >= 11 is 5.98. The van der Waals surface area contributed by atoms with Crippen molar-refractivity contribution in [2.24, 2.45) is 0 Å². The number of fused-ring (bicyclic) bond motifs is 1. The van der Waals surface area contributed by atoms with Crippen molar-refractivity contribution in [1.82, 2.24) is 19.9 Å². The summed E-state index contributed by atoms with van der Waals surface area (Å²) in [5, 5.41) is 9.47. The van der Waals surface area contributed by atoms with Gasteiger partial charge in [-0.25, -0.2) is 0 Å². The summed E-state index contributed by atoms with van der Waals surface area (Å²) in [6.45, 7) is 3.13. The number of halogens is 1. The fourth-order valence-corrected chi connectivity index (χ4v) is 3.46. The highest BCUT2D eigenvalue weighted by Gasteiger charge is 2.24. The highest BCUT2D eigenvalue weighted by Crippen LogP contribution is 2.30. The van der Waals surface area contributed by atoms with Gasteiger partial charge in [0.25, 0.3) is 5.89 Å². The molecular weight excluding hydrogens is 376 g/mol. The molecule has 0 saturated carbocycles. The summed E-state index contributed by atoms with van der Waals surface area (Å²) in [5.41, 5.74) is 4.78. The molecule has 2 aromatic carbocycles. The Bertz CT molecular complexity index is 1130. The Morgan fingerprint density at radius 1 is 1.11 bits per heavy atom. The fraction of sp³-hybridized carbons (Fsp3) is 0.190. The van der Waals surface area contributed by atoms with Crippen LogP contribution < -0.4 is 0 Å². The van der Waals surface area contributed by atoms with Crippen LogP contribution in [0.25, 0.3) is 23.0 Å². The van der Waals surface area contributed by atoms with E-state index in [1.54, 1.807) is 0 Å². The molecule has 3 heterocycles. The van der Waals surface area contributed by atoms with E-state index in [4.69, 9.17) is 20.9 Å². The van der Waals surface area contributed by atoms with Gasteiger partial charge in [-0.3, -0.25) is 4.68 Å². The highest BCUT2D eigenvalue weighted by molar-refractivity contribution is 6.30. The van der Waals surface area contributed by atoms with Crippen molar-refractivity contribution >= 4 is 11.6 Å². The van der Waals surface area contributed by atoms with E-state index in [-0.39, 0.29) is 6.10 Å². The molecule has 5 rings (SSSR count). The molecule has 7 heteroatoms. The van der Waals surface area contributed by atoms with Crippen molar-refractivity contribution in [3.63, 3.8) is 0 Å². The first-order valence-electron chi connectivity index (χ1n) is 9.00. The molecule has 0 N–H and O–H groups in total. The van der Waals surface area contributed by atoms with Crippen LogP contribution in [0, 0.1) is 6.92 Å². The van der Waals surface area contributed by atoms with Crippen molar-refractivity contribution in [3.05, 3.63) is 76.4 Å². The number of ether oxygens (including phenoxy) is 1. The zero-order valence-electron chi connectivity index (χ0n) is 15.2. The lowest BCUT2D eigenvalue weighted by Crippen LogP contribution is -2.21. The van der Waals surface area contributed by atoms with Crippen molar-refractivity contribution in [2.45, 2.75) is 26.2 Å². The maximum Gasteiger partial charge on any atom is 0.278 e. The smallest absolute Gasteiger partial charge is 0.278 e. The molecule has 28 heavy (non-hydrogen) atoms. The van der Waals surface area contributed by atoms with Gasteiger partial charge < -0.3 is 9.26 Å². The summed E-state index contributed by atoms with van der Waals surface area (Å²) in [5.74, 6) is 0.960. The maximum atomic E-state index is 6.00. The summed E-state index contributed by atoms with van der Waals surface area (Å²) in [7, 11) is 0. The second-order valence-corrected chi connectivity index (χ2v) is 7.28. The Hall–Kier alpha value is -2.96. The van der Waals surface area contributed by atoms with Gasteiger partial charge in [-0.05, 0) is 36.8 Å². The van der Waals surface area contributed by atoms with Crippen LogP contribution in [0.2, 0.25) is 5.02 Å². The topological polar surface area (TPSA) is 66.0 Å². The lowest BCUT2D eigenvalue weighted by atomic mass is 10.1. The molecule has 0 spiro atoms. The summed E-state index contributed by atoms with van der Waals surface area (Å²) < 4.78 is 13.4. The van der Waals surface area contributed by atoms with Gasteiger partial charge in [0.15, 0.2) is 5.69 Å². The molecule has 0 unspecified atom stereocenters. The minimum Gasteiger partial charge on any atom is -0.365 e. The molecule has 1 atom stereocenters. The van der Waals surface area contributed by atoms with Gasteiger partial charge in [0, 0.05) is 10.6 Å². The third-order valence-corrected chi connectivity index (χ3v) is 5.05. The third-order valence-electron chi connectivity index (χ3n) is 4.80. The van der Waals surface area contributed by atoms with Crippen molar-refractivity contribution in [1.29, 1.82) is 0 Å². The van der Waals surface area contributed by atoms with Gasteiger partial charge >= 0.3 is 0 Å². The first-order valence-corrected chi connectivity index (χ1v) is 9.38. The van der Waals surface area contributed by atoms with Gasteiger partial charge in [0.2, 0.25) is 5.82 Å². The van der Waals surface area contributed by atoms with E-state index >= 15 is 0 Å². The van der Waals surface area contributed by atoms with Crippen LogP contribution in [0.5, 0.6) is 0 Å². The molecule has 1 aliphatic heterocycles. The maximum absolute atomic E-state index is 6.00. The minimum absolute atomic E-state index is 0.0666. The molecule has 0 saturated heterocycles. The van der Waals surface area contributed by atoms with E-state index in [9.17, 15) is 0 Å². The van der Waals surface area contributed by atoms with Crippen molar-refractivity contribution in [2.75, 3.05) is 0 Å². The Balaban J connectivity index is 1.40. The number of nitrogens with zero attached hydrogens (tertiary/aromatic N) is 4. The number of benzene rings is 2. The number of hydrogen-bond donors (Lipinski definition) is 0. The lowest BCUT2D eigenvalue weighted by molar-refractivity contribution is -0.00112. The molecule has 0 aliphatic carbocycles. The van der Waals surface area contributed by atoms with E-state index in [0.717, 1.165) is 22.4 Å². The van der Waals surface area contributed by atoms with Gasteiger partial charge in [-0.1, -0.05) is 52.7 Å². The normalized spacial score (nSPS) is 16.1. The molecular formula is C21H17ClN4O2. The average molecular weight is 393 g/mol. The second kappa shape index (κ2) is 6.89. The number of hydrogen-bond acceptors (Lipinski definition) is 5. The van der Waals surface area contributed by atoms with Crippen molar-refractivity contribution < 1.29 is 9.26 Å². The summed E-state index contributed by atoms with van der Waals surface area (Å²) in [4.78, 5) is 4.51. The van der Waals surface area contributed by atoms with Crippen LogP contribution in [0.15, 0.2) is 59.1 Å². The van der Waals surface area contributed by atoms with E-state index in [1.807, 2.05) is 66.2 Å². The molecule has 6 nitrogen and oxygen atoms in total. The molecule has 1 aliphatic rings. The van der Waals surface area contributed by atoms with Crippen LogP contribution >= 0.6 is 11.6 Å². The molecule has 0 radical (unpaired) electrons. The second-order valence-electron chi connectivity index (χ2n) is 6.85. The van der Waals surface area contributed by atoms with E-state index in [2.05, 4.69) is 15.2 Å².